The molecule has 3 aliphatic heterocycles. The molecule has 82 heavy (non-hydrogen) atoms. The van der Waals surface area contributed by atoms with Crippen LogP contribution in [0, 0.1) is 23.7 Å². The highest BCUT2D eigenvalue weighted by Gasteiger charge is 2.61. The molecule has 4 aromatic rings. The van der Waals surface area contributed by atoms with Gasteiger partial charge in [-0.25, -0.2) is 19.2 Å². The number of hydrogen-bond acceptors (Lipinski definition) is 16. The van der Waals surface area contributed by atoms with Crippen LogP contribution in [0.2, 0.25) is 0 Å². The molecule has 4 aliphatic rings. The first-order chi connectivity index (χ1) is 39.3. The van der Waals surface area contributed by atoms with Gasteiger partial charge in [0.05, 0.1) is 35.0 Å². The number of nitrogens with zero attached hydrogens (tertiary/aromatic N) is 4. The lowest BCUT2D eigenvalue weighted by molar-refractivity contribution is -0.305. The van der Waals surface area contributed by atoms with Crippen molar-refractivity contribution >= 4 is 41.7 Å². The van der Waals surface area contributed by atoms with Gasteiger partial charge in [-0.15, -0.1) is 0 Å². The van der Waals surface area contributed by atoms with Gasteiger partial charge in [0.2, 0.25) is 0 Å². The zero-order valence-corrected chi connectivity index (χ0v) is 47.8. The SMILES string of the molecule is CCC1OC(=O)[C@H](C)C(=O)C(C)[C@@H](OC2OC(C)C(OC(=O)c3ccccc3)C(NC(=O)OCC3c4ccccc4-c4ccccc43)C2OC(=O)c2ccccc2)[C@@](C)(OC)C[C@@H](C)C(=O)[C@H](C)[C@H]2N(CCCCN=[N+]=[N-])C(=O)O[C@]12C. The Morgan fingerprint density at radius 1 is 0.768 bits per heavy atom. The van der Waals surface area contributed by atoms with Crippen molar-refractivity contribution in [3.8, 4) is 11.1 Å². The largest absolute Gasteiger partial charge is 0.458 e. The van der Waals surface area contributed by atoms with E-state index in [1.165, 1.54) is 38.0 Å². The maximum atomic E-state index is 15.1. The van der Waals surface area contributed by atoms with E-state index < -0.39 is 120 Å². The molecule has 1 N–H and O–H groups in total. The minimum absolute atomic E-state index is 0.106. The summed E-state index contributed by atoms with van der Waals surface area (Å²) in [4.78, 5) is 106. The molecule has 0 spiro atoms. The van der Waals surface area contributed by atoms with Crippen LogP contribution in [-0.4, -0.2) is 133 Å². The van der Waals surface area contributed by atoms with Crippen LogP contribution in [0.5, 0.6) is 0 Å². The summed E-state index contributed by atoms with van der Waals surface area (Å²) in [6, 6.07) is 29.4. The maximum absolute atomic E-state index is 15.1. The molecule has 3 heterocycles. The summed E-state index contributed by atoms with van der Waals surface area (Å²) in [6.45, 7) is 13.1. The predicted octanol–water partition coefficient (Wildman–Crippen LogP) is 9.96. The molecule has 20 heteroatoms. The number of hydrogen-bond donors (Lipinski definition) is 1. The standard InChI is InChI=1S/C62H73N5O15/c1-10-47-62(8)53(67(60(74)82-62)32-22-21-31-64-66-63)36(3)49(68)35(2)33-61(7,75-9)54(37(4)50(69)38(5)55(70)78-47)81-58-52(80-57(72)41-25-15-12-16-26-41)48(51(39(6)77-58)79-56(71)40-23-13-11-14-24-40)65-59(73)76-34-46-44-29-19-17-27-42(44)43-28-18-20-30-45(43)46/h11-20,23-30,35-39,46-48,51-54,58H,10,21-22,31-34H2,1-9H3,(H,65,73)/t35-,36+,37?,38-,39?,47?,48?,51?,52?,53-,54-,58?,61+,62-/m1/s1. The van der Waals surface area contributed by atoms with E-state index in [0.29, 0.717) is 12.8 Å². The van der Waals surface area contributed by atoms with E-state index in [1.54, 1.807) is 90.1 Å². The van der Waals surface area contributed by atoms with E-state index in [9.17, 15) is 24.0 Å². The third kappa shape index (κ3) is 12.5. The Morgan fingerprint density at radius 2 is 1.34 bits per heavy atom. The molecular formula is C62H73N5O15. The summed E-state index contributed by atoms with van der Waals surface area (Å²) in [6.07, 6.45) is -9.26. The van der Waals surface area contributed by atoms with Crippen molar-refractivity contribution in [2.45, 2.75) is 147 Å². The summed E-state index contributed by atoms with van der Waals surface area (Å²) in [5.41, 5.74) is 9.91. The van der Waals surface area contributed by atoms with Crippen LogP contribution in [0.4, 0.5) is 9.59 Å². The number of esters is 3. The predicted molar refractivity (Wildman–Crippen MR) is 298 cm³/mol. The normalized spacial score (nSPS) is 30.3. The smallest absolute Gasteiger partial charge is 0.410 e. The van der Waals surface area contributed by atoms with Crippen molar-refractivity contribution in [3.63, 3.8) is 0 Å². The number of alkyl carbamates (subject to hydrolysis) is 1. The quantitative estimate of drug-likeness (QED) is 0.0208. The number of fused-ring (bicyclic) bond motifs is 4. The first-order valence-electron chi connectivity index (χ1n) is 28.0. The molecule has 4 aromatic carbocycles. The van der Waals surface area contributed by atoms with Gasteiger partial charge in [0.1, 0.15) is 30.5 Å². The fourth-order valence-electron chi connectivity index (χ4n) is 12.5. The molecule has 1 aliphatic carbocycles. The van der Waals surface area contributed by atoms with Crippen LogP contribution >= 0.6 is 0 Å². The van der Waals surface area contributed by atoms with Crippen LogP contribution in [0.15, 0.2) is 114 Å². The lowest BCUT2D eigenvalue weighted by atomic mass is 9.73. The number of Topliss-reactive ketones (excluding diaryl/α,β-unsaturated/α-hetero) is 2. The van der Waals surface area contributed by atoms with Crippen LogP contribution < -0.4 is 5.32 Å². The topological polar surface area (TPSA) is 257 Å². The molecule has 436 valence electrons. The Labute approximate surface area is 477 Å². The number of carbonyl (C=O) groups is 7. The van der Waals surface area contributed by atoms with Gasteiger partial charge in [-0.2, -0.15) is 0 Å². The summed E-state index contributed by atoms with van der Waals surface area (Å²) in [7, 11) is 1.39. The summed E-state index contributed by atoms with van der Waals surface area (Å²) in [5, 5.41) is 6.49. The molecule has 0 aromatic heterocycles. The van der Waals surface area contributed by atoms with E-state index >= 15 is 9.59 Å². The molecule has 14 atom stereocenters. The highest BCUT2D eigenvalue weighted by Crippen LogP contribution is 2.46. The minimum Gasteiger partial charge on any atom is -0.458 e. The molecule has 7 unspecified atom stereocenters. The van der Waals surface area contributed by atoms with E-state index in [2.05, 4.69) is 15.3 Å². The average molecular weight is 1130 g/mol. The van der Waals surface area contributed by atoms with Crippen molar-refractivity contribution in [1.29, 1.82) is 0 Å². The van der Waals surface area contributed by atoms with E-state index in [-0.39, 0.29) is 55.4 Å². The molecule has 2 amide bonds. The van der Waals surface area contributed by atoms with Gasteiger partial charge in [0.25, 0.3) is 0 Å². The number of nitrogens with one attached hydrogen (secondary N) is 1. The van der Waals surface area contributed by atoms with Crippen molar-refractivity contribution in [2.75, 3.05) is 26.8 Å². The molecule has 3 fully saturated rings. The number of azide groups is 1. The van der Waals surface area contributed by atoms with Gasteiger partial charge in [0, 0.05) is 48.8 Å². The highest BCUT2D eigenvalue weighted by molar-refractivity contribution is 6.00. The number of rotatable bonds is 16. The van der Waals surface area contributed by atoms with Crippen LogP contribution in [0.25, 0.3) is 21.6 Å². The Bertz CT molecular complexity index is 2980. The second kappa shape index (κ2) is 26.1. The van der Waals surface area contributed by atoms with Crippen molar-refractivity contribution in [3.05, 3.63) is 142 Å². The molecule has 8 rings (SSSR count). The number of amides is 2. The van der Waals surface area contributed by atoms with Crippen LogP contribution in [-0.2, 0) is 52.3 Å². The number of carbonyl (C=O) groups excluding carboxylic acids is 7. The third-order valence-corrected chi connectivity index (χ3v) is 16.8. The lowest BCUT2D eigenvalue weighted by Gasteiger charge is -2.48. The molecular weight excluding hydrogens is 1050 g/mol. The second-order valence-electron chi connectivity index (χ2n) is 22.1. The van der Waals surface area contributed by atoms with E-state index in [0.717, 1.165) is 22.3 Å². The van der Waals surface area contributed by atoms with E-state index in [1.807, 2.05) is 48.5 Å². The summed E-state index contributed by atoms with van der Waals surface area (Å²) in [5.74, 6) is -8.42. The number of ketones is 2. The second-order valence-corrected chi connectivity index (χ2v) is 22.1. The molecule has 0 bridgehead atoms. The van der Waals surface area contributed by atoms with Crippen LogP contribution in [0.3, 0.4) is 0 Å². The number of unbranched alkanes of at least 4 members (excludes halogenated alkanes) is 1. The third-order valence-electron chi connectivity index (χ3n) is 16.8. The monoisotopic (exact) mass is 1130 g/mol. The van der Waals surface area contributed by atoms with Crippen molar-refractivity contribution in [2.24, 2.45) is 28.8 Å². The number of ether oxygens (including phenoxy) is 8. The minimum atomic E-state index is -1.70. The van der Waals surface area contributed by atoms with Gasteiger partial charge in [0.15, 0.2) is 29.9 Å². The molecule has 3 saturated heterocycles. The summed E-state index contributed by atoms with van der Waals surface area (Å²) >= 11 is 0. The lowest BCUT2D eigenvalue weighted by Crippen LogP contribution is -2.67. The summed E-state index contributed by atoms with van der Waals surface area (Å²) < 4.78 is 51.0. The number of cyclic esters (lactones) is 1. The molecule has 20 nitrogen and oxygen atoms in total. The number of benzene rings is 4. The van der Waals surface area contributed by atoms with Gasteiger partial charge >= 0.3 is 30.1 Å². The van der Waals surface area contributed by atoms with Gasteiger partial charge in [-0.05, 0) is 105 Å². The number of methoxy groups -OCH3 is 1. The van der Waals surface area contributed by atoms with E-state index in [4.69, 9.17) is 43.4 Å². The average Bonchev–Trinajstić information content (AvgIpc) is 2.79. The molecule has 0 saturated carbocycles. The Hall–Kier alpha value is -7.64. The highest BCUT2D eigenvalue weighted by atomic mass is 16.7. The Kier molecular flexibility index (Phi) is 19.2. The van der Waals surface area contributed by atoms with Crippen molar-refractivity contribution in [1.82, 2.24) is 10.2 Å². The maximum Gasteiger partial charge on any atom is 0.410 e. The van der Waals surface area contributed by atoms with Gasteiger partial charge < -0.3 is 48.1 Å². The van der Waals surface area contributed by atoms with Gasteiger partial charge in [-0.1, -0.05) is 118 Å². The Morgan fingerprint density at radius 3 is 1.91 bits per heavy atom. The van der Waals surface area contributed by atoms with Crippen LogP contribution in [0.1, 0.15) is 119 Å². The molecule has 0 radical (unpaired) electrons. The fraction of sp³-hybridized carbons (Fsp3) is 0.500. The van der Waals surface area contributed by atoms with Gasteiger partial charge in [-0.3, -0.25) is 14.4 Å². The fourth-order valence-corrected chi connectivity index (χ4v) is 12.5. The van der Waals surface area contributed by atoms with Crippen molar-refractivity contribution < 1.29 is 71.5 Å². The zero-order chi connectivity index (χ0) is 59.0. The Balaban J connectivity index is 1.18. The zero-order valence-electron chi connectivity index (χ0n) is 47.8. The first-order valence-corrected chi connectivity index (χ1v) is 28.0. The first kappa shape index (κ1) is 60.5.